The second kappa shape index (κ2) is 5.30. The summed E-state index contributed by atoms with van der Waals surface area (Å²) < 4.78 is 2.09. The van der Waals surface area contributed by atoms with Crippen LogP contribution >= 0.6 is 0 Å². The minimum absolute atomic E-state index is 0.266. The fraction of sp³-hybridized carbons (Fsp3) is 0.500. The van der Waals surface area contributed by atoms with Crippen molar-refractivity contribution in [2.24, 2.45) is 7.05 Å². The van der Waals surface area contributed by atoms with E-state index in [2.05, 4.69) is 42.4 Å². The first-order valence-corrected chi connectivity index (χ1v) is 7.89. The molecule has 3 nitrogen and oxygen atoms in total. The van der Waals surface area contributed by atoms with Gasteiger partial charge in [-0.2, -0.15) is 0 Å². The van der Waals surface area contributed by atoms with Crippen molar-refractivity contribution < 1.29 is 4.79 Å². The van der Waals surface area contributed by atoms with Crippen molar-refractivity contribution in [1.82, 2.24) is 9.47 Å². The number of aromatic nitrogens is 1. The van der Waals surface area contributed by atoms with Gasteiger partial charge in [0.15, 0.2) is 5.78 Å². The lowest BCUT2D eigenvalue weighted by molar-refractivity contribution is 0.0983. The highest BCUT2D eigenvalue weighted by atomic mass is 16.1. The van der Waals surface area contributed by atoms with Crippen molar-refractivity contribution in [2.75, 3.05) is 0 Å². The third-order valence-electron chi connectivity index (χ3n) is 4.57. The Balaban J connectivity index is 2.07. The molecule has 0 aliphatic carbocycles. The lowest BCUT2D eigenvalue weighted by Crippen LogP contribution is -2.24. The van der Waals surface area contributed by atoms with Gasteiger partial charge in [0.25, 0.3) is 0 Å². The Morgan fingerprint density at radius 3 is 2.52 bits per heavy atom. The lowest BCUT2D eigenvalue weighted by atomic mass is 10.0. The molecule has 0 saturated heterocycles. The molecular weight excluding hydrogens is 260 g/mol. The number of hydrogen-bond donors (Lipinski definition) is 0. The molecule has 0 spiro atoms. The number of carbonyl (C=O) groups is 1. The average molecular weight is 284 g/mol. The minimum atomic E-state index is 0.266. The Hall–Kier alpha value is -1.61. The standard InChI is InChI=1S/C18H24N2O/c1-5-6-18(21)16-11-19(4)17-8-14-10-20(12(2)3)9-13(14)7-15(16)17/h7-8,11-12H,5-6,9-10H2,1-4H3. The normalized spacial score (nSPS) is 15.1. The first-order valence-electron chi connectivity index (χ1n) is 7.89. The van der Waals surface area contributed by atoms with Crippen LogP contribution in [0, 0.1) is 0 Å². The molecule has 0 radical (unpaired) electrons. The van der Waals surface area contributed by atoms with Crippen molar-refractivity contribution >= 4 is 16.7 Å². The number of fused-ring (bicyclic) bond motifs is 2. The molecule has 1 aliphatic heterocycles. The van der Waals surface area contributed by atoms with E-state index >= 15 is 0 Å². The van der Waals surface area contributed by atoms with Gasteiger partial charge in [0.2, 0.25) is 0 Å². The maximum absolute atomic E-state index is 12.3. The van der Waals surface area contributed by atoms with Gasteiger partial charge in [-0.3, -0.25) is 9.69 Å². The predicted octanol–water partition coefficient (Wildman–Crippen LogP) is 3.89. The summed E-state index contributed by atoms with van der Waals surface area (Å²) in [6.07, 6.45) is 3.54. The van der Waals surface area contributed by atoms with Gasteiger partial charge < -0.3 is 4.57 Å². The van der Waals surface area contributed by atoms with Crippen molar-refractivity contribution in [3.05, 3.63) is 35.0 Å². The van der Waals surface area contributed by atoms with E-state index in [1.54, 1.807) is 0 Å². The molecule has 0 unspecified atom stereocenters. The molecule has 0 saturated carbocycles. The van der Waals surface area contributed by atoms with Crippen LogP contribution in [0.4, 0.5) is 0 Å². The first kappa shape index (κ1) is 14.3. The SMILES string of the molecule is CCCC(=O)c1cn(C)c2cc3c(cc12)CN(C(C)C)C3. The van der Waals surface area contributed by atoms with Gasteiger partial charge in [0.05, 0.1) is 0 Å². The van der Waals surface area contributed by atoms with E-state index in [4.69, 9.17) is 0 Å². The van der Waals surface area contributed by atoms with Crippen LogP contribution in [0.15, 0.2) is 18.3 Å². The van der Waals surface area contributed by atoms with Crippen LogP contribution in [0.3, 0.4) is 0 Å². The van der Waals surface area contributed by atoms with Gasteiger partial charge in [-0.05, 0) is 43.5 Å². The van der Waals surface area contributed by atoms with E-state index in [1.807, 2.05) is 13.2 Å². The average Bonchev–Trinajstić information content (AvgIpc) is 2.98. The van der Waals surface area contributed by atoms with Gasteiger partial charge in [0, 0.05) is 55.3 Å². The second-order valence-corrected chi connectivity index (χ2v) is 6.46. The number of hydrogen-bond acceptors (Lipinski definition) is 2. The number of rotatable bonds is 4. The molecule has 3 rings (SSSR count). The van der Waals surface area contributed by atoms with Crippen molar-refractivity contribution in [3.8, 4) is 0 Å². The summed E-state index contributed by atoms with van der Waals surface area (Å²) in [5.41, 5.74) is 4.86. The van der Waals surface area contributed by atoms with E-state index in [1.165, 1.54) is 16.6 Å². The van der Waals surface area contributed by atoms with Crippen molar-refractivity contribution in [2.45, 2.75) is 52.7 Å². The predicted molar refractivity (Wildman–Crippen MR) is 86.5 cm³/mol. The number of ketones is 1. The van der Waals surface area contributed by atoms with E-state index in [0.717, 1.165) is 30.5 Å². The summed E-state index contributed by atoms with van der Waals surface area (Å²) in [7, 11) is 2.03. The minimum Gasteiger partial charge on any atom is -0.350 e. The third kappa shape index (κ3) is 2.40. The van der Waals surface area contributed by atoms with E-state index < -0.39 is 0 Å². The zero-order valence-corrected chi connectivity index (χ0v) is 13.4. The van der Waals surface area contributed by atoms with Crippen LogP contribution in [0.25, 0.3) is 10.9 Å². The molecule has 1 aromatic heterocycles. The van der Waals surface area contributed by atoms with Crippen LogP contribution in [0.2, 0.25) is 0 Å². The number of Topliss-reactive ketones (excluding diaryl/α,β-unsaturated/α-hetero) is 1. The Labute approximate surface area is 126 Å². The fourth-order valence-electron chi connectivity index (χ4n) is 3.25. The quantitative estimate of drug-likeness (QED) is 0.796. The Morgan fingerprint density at radius 2 is 1.90 bits per heavy atom. The Bertz CT molecular complexity index is 697. The van der Waals surface area contributed by atoms with Crippen LogP contribution in [-0.2, 0) is 20.1 Å². The van der Waals surface area contributed by atoms with E-state index in [0.29, 0.717) is 12.5 Å². The summed E-state index contributed by atoms with van der Waals surface area (Å²) in [6, 6.07) is 5.08. The summed E-state index contributed by atoms with van der Waals surface area (Å²) in [4.78, 5) is 14.8. The molecule has 2 heterocycles. The van der Waals surface area contributed by atoms with Gasteiger partial charge in [-0.1, -0.05) is 6.92 Å². The zero-order chi connectivity index (χ0) is 15.1. The van der Waals surface area contributed by atoms with Crippen LogP contribution < -0.4 is 0 Å². The third-order valence-corrected chi connectivity index (χ3v) is 4.57. The molecule has 0 atom stereocenters. The molecule has 3 heteroatoms. The summed E-state index contributed by atoms with van der Waals surface area (Å²) in [5, 5.41) is 1.13. The molecule has 1 aliphatic rings. The summed E-state index contributed by atoms with van der Waals surface area (Å²) in [5.74, 6) is 0.266. The fourth-order valence-corrected chi connectivity index (χ4v) is 3.25. The van der Waals surface area contributed by atoms with E-state index in [-0.39, 0.29) is 5.78 Å². The van der Waals surface area contributed by atoms with Gasteiger partial charge in [0.1, 0.15) is 0 Å². The van der Waals surface area contributed by atoms with Gasteiger partial charge >= 0.3 is 0 Å². The molecule has 1 aromatic carbocycles. The van der Waals surface area contributed by atoms with Gasteiger partial charge in [-0.25, -0.2) is 0 Å². The molecule has 0 amide bonds. The molecular formula is C18H24N2O. The van der Waals surface area contributed by atoms with Crippen molar-refractivity contribution in [3.63, 3.8) is 0 Å². The molecule has 0 fully saturated rings. The molecule has 0 bridgehead atoms. The molecule has 2 aromatic rings. The maximum atomic E-state index is 12.3. The Kier molecular flexibility index (Phi) is 3.62. The smallest absolute Gasteiger partial charge is 0.165 e. The highest BCUT2D eigenvalue weighted by Crippen LogP contribution is 2.31. The second-order valence-electron chi connectivity index (χ2n) is 6.46. The van der Waals surface area contributed by atoms with Crippen molar-refractivity contribution in [1.29, 1.82) is 0 Å². The number of nitrogens with zero attached hydrogens (tertiary/aromatic N) is 2. The van der Waals surface area contributed by atoms with Crippen LogP contribution in [0.1, 0.15) is 55.1 Å². The zero-order valence-electron chi connectivity index (χ0n) is 13.4. The highest BCUT2D eigenvalue weighted by Gasteiger charge is 2.23. The van der Waals surface area contributed by atoms with Gasteiger partial charge in [-0.15, -0.1) is 0 Å². The first-order chi connectivity index (χ1) is 10.0. The molecule has 21 heavy (non-hydrogen) atoms. The topological polar surface area (TPSA) is 25.2 Å². The number of benzene rings is 1. The highest BCUT2D eigenvalue weighted by molar-refractivity contribution is 6.08. The largest absolute Gasteiger partial charge is 0.350 e. The number of aryl methyl sites for hydroxylation is 1. The monoisotopic (exact) mass is 284 g/mol. The lowest BCUT2D eigenvalue weighted by Gasteiger charge is -2.18. The van der Waals surface area contributed by atoms with Crippen LogP contribution in [0.5, 0.6) is 0 Å². The number of carbonyl (C=O) groups excluding carboxylic acids is 1. The Morgan fingerprint density at radius 1 is 1.24 bits per heavy atom. The molecule has 112 valence electrons. The maximum Gasteiger partial charge on any atom is 0.165 e. The van der Waals surface area contributed by atoms with E-state index in [9.17, 15) is 4.79 Å². The summed E-state index contributed by atoms with van der Waals surface area (Å²) in [6.45, 7) is 8.55. The molecule has 0 N–H and O–H groups in total. The van der Waals surface area contributed by atoms with Crippen LogP contribution in [-0.4, -0.2) is 21.3 Å². The summed E-state index contributed by atoms with van der Waals surface area (Å²) >= 11 is 0.